The highest BCUT2D eigenvalue weighted by molar-refractivity contribution is 7.88. The van der Waals surface area contributed by atoms with Crippen LogP contribution in [0.1, 0.15) is 6.42 Å². The van der Waals surface area contributed by atoms with E-state index in [9.17, 15) is 4.21 Å². The van der Waals surface area contributed by atoms with Gasteiger partial charge in [-0.05, 0) is 18.3 Å². The summed E-state index contributed by atoms with van der Waals surface area (Å²) in [5, 5.41) is 0.796. The Bertz CT molecular complexity index is 221. The minimum Gasteiger partial charge on any atom is -0.259 e. The lowest BCUT2D eigenvalue weighted by atomic mass is 9.97. The first-order valence-electron chi connectivity index (χ1n) is 3.89. The molecule has 3 aliphatic rings. The largest absolute Gasteiger partial charge is 0.259 e. The summed E-state index contributed by atoms with van der Waals surface area (Å²) in [4.78, 5) is 0. The van der Waals surface area contributed by atoms with Crippen LogP contribution in [-0.2, 0) is 10.8 Å². The Morgan fingerprint density at radius 1 is 1.09 bits per heavy atom. The van der Waals surface area contributed by atoms with Crippen LogP contribution in [0.4, 0.5) is 0 Å². The molecular formula is C7H8Cl2OS. The van der Waals surface area contributed by atoms with Crippen LogP contribution < -0.4 is 0 Å². The minimum absolute atomic E-state index is 0.105. The Balaban J connectivity index is 2.05. The van der Waals surface area contributed by atoms with Crippen LogP contribution in [0, 0.1) is 11.8 Å². The van der Waals surface area contributed by atoms with Crippen LogP contribution in [-0.4, -0.2) is 25.5 Å². The molecule has 1 aliphatic heterocycles. The van der Waals surface area contributed by atoms with Gasteiger partial charge >= 0.3 is 0 Å². The van der Waals surface area contributed by atoms with E-state index in [1.54, 1.807) is 0 Å². The summed E-state index contributed by atoms with van der Waals surface area (Å²) in [5.41, 5.74) is 0. The van der Waals surface area contributed by atoms with Gasteiger partial charge in [0.1, 0.15) is 0 Å². The average molecular weight is 211 g/mol. The van der Waals surface area contributed by atoms with E-state index in [-0.39, 0.29) is 10.8 Å². The third-order valence-electron chi connectivity index (χ3n) is 3.37. The normalized spacial score (nSPS) is 71.6. The number of halogens is 2. The second kappa shape index (κ2) is 1.97. The maximum atomic E-state index is 11.4. The van der Waals surface area contributed by atoms with E-state index in [4.69, 9.17) is 23.2 Å². The summed E-state index contributed by atoms with van der Waals surface area (Å²) >= 11 is 12.2. The fourth-order valence-corrected chi connectivity index (χ4v) is 6.69. The van der Waals surface area contributed by atoms with Gasteiger partial charge in [-0.1, -0.05) is 0 Å². The molecule has 0 radical (unpaired) electrons. The second-order valence-corrected chi connectivity index (χ2v) is 6.46. The number of alkyl halides is 2. The van der Waals surface area contributed by atoms with E-state index in [1.807, 2.05) is 0 Å². The van der Waals surface area contributed by atoms with E-state index >= 15 is 0 Å². The van der Waals surface area contributed by atoms with E-state index in [1.165, 1.54) is 0 Å². The molecule has 1 nitrogen and oxygen atoms in total. The molecule has 1 heterocycles. The van der Waals surface area contributed by atoms with Gasteiger partial charge in [-0.3, -0.25) is 4.21 Å². The molecule has 0 aromatic carbocycles. The molecule has 0 spiro atoms. The first kappa shape index (κ1) is 7.16. The topological polar surface area (TPSA) is 17.1 Å². The zero-order valence-electron chi connectivity index (χ0n) is 5.74. The van der Waals surface area contributed by atoms with Gasteiger partial charge in [0.05, 0.1) is 21.3 Å². The molecule has 0 amide bonds. The van der Waals surface area contributed by atoms with Gasteiger partial charge < -0.3 is 0 Å². The number of hydrogen-bond donors (Lipinski definition) is 0. The van der Waals surface area contributed by atoms with Crippen molar-refractivity contribution in [3.63, 3.8) is 0 Å². The van der Waals surface area contributed by atoms with Gasteiger partial charge in [0.25, 0.3) is 0 Å². The Morgan fingerprint density at radius 2 is 1.64 bits per heavy atom. The Kier molecular flexibility index (Phi) is 1.28. The summed E-state index contributed by atoms with van der Waals surface area (Å²) in [7, 11) is -0.700. The highest BCUT2D eigenvalue weighted by Crippen LogP contribution is 2.60. The van der Waals surface area contributed by atoms with Crippen LogP contribution in [0.3, 0.4) is 0 Å². The summed E-state index contributed by atoms with van der Waals surface area (Å²) < 4.78 is 11.4. The molecule has 11 heavy (non-hydrogen) atoms. The smallest absolute Gasteiger partial charge is 0.0558 e. The predicted octanol–water partition coefficient (Wildman–Crippen LogP) is 1.35. The molecule has 3 unspecified atom stereocenters. The summed E-state index contributed by atoms with van der Waals surface area (Å²) in [6.07, 6.45) is 1.13. The van der Waals surface area contributed by atoms with Crippen molar-refractivity contribution in [1.82, 2.24) is 0 Å². The van der Waals surface area contributed by atoms with Crippen molar-refractivity contribution in [2.75, 3.05) is 0 Å². The lowest BCUT2D eigenvalue weighted by Gasteiger charge is -2.45. The molecule has 1 saturated heterocycles. The SMILES string of the molecule is O=S1[C@@H]2C3CC([C@H]2Cl)[C@H](Cl)[C@H]31. The van der Waals surface area contributed by atoms with Crippen LogP contribution in [0.25, 0.3) is 0 Å². The third-order valence-corrected chi connectivity index (χ3v) is 7.22. The number of rotatable bonds is 0. The minimum atomic E-state index is -0.700. The molecule has 0 aromatic rings. The first-order chi connectivity index (χ1) is 5.22. The van der Waals surface area contributed by atoms with Gasteiger partial charge in [-0.15, -0.1) is 23.2 Å². The molecule has 2 saturated carbocycles. The van der Waals surface area contributed by atoms with E-state index in [2.05, 4.69) is 0 Å². The second-order valence-electron chi connectivity index (χ2n) is 3.71. The molecule has 2 aliphatic carbocycles. The van der Waals surface area contributed by atoms with Gasteiger partial charge in [-0.25, -0.2) is 0 Å². The van der Waals surface area contributed by atoms with E-state index < -0.39 is 10.8 Å². The Hall–Kier alpha value is 0.730. The van der Waals surface area contributed by atoms with Gasteiger partial charge in [0.2, 0.25) is 0 Å². The van der Waals surface area contributed by atoms with Crippen LogP contribution in [0.15, 0.2) is 0 Å². The number of hydrogen-bond acceptors (Lipinski definition) is 1. The van der Waals surface area contributed by atoms with Crippen LogP contribution >= 0.6 is 23.2 Å². The summed E-state index contributed by atoms with van der Waals surface area (Å²) in [6.45, 7) is 0. The predicted molar refractivity (Wildman–Crippen MR) is 46.6 cm³/mol. The molecule has 3 rings (SSSR count). The van der Waals surface area contributed by atoms with Crippen LogP contribution in [0.5, 0.6) is 0 Å². The maximum Gasteiger partial charge on any atom is 0.0558 e. The van der Waals surface area contributed by atoms with Crippen molar-refractivity contribution in [3.8, 4) is 0 Å². The first-order valence-corrected chi connectivity index (χ1v) is 6.04. The molecule has 3 fully saturated rings. The zero-order valence-corrected chi connectivity index (χ0v) is 8.07. The quantitative estimate of drug-likeness (QED) is 0.553. The van der Waals surface area contributed by atoms with Gasteiger partial charge in [-0.2, -0.15) is 0 Å². The lowest BCUT2D eigenvalue weighted by molar-refractivity contribution is 0.443. The van der Waals surface area contributed by atoms with Crippen molar-refractivity contribution in [1.29, 1.82) is 0 Å². The molecule has 0 aromatic heterocycles. The fourth-order valence-electron chi connectivity index (χ4n) is 2.86. The monoisotopic (exact) mass is 210 g/mol. The van der Waals surface area contributed by atoms with Crippen LogP contribution in [0.2, 0.25) is 0 Å². The van der Waals surface area contributed by atoms with Crippen molar-refractivity contribution < 1.29 is 4.21 Å². The van der Waals surface area contributed by atoms with E-state index in [0.29, 0.717) is 22.3 Å². The summed E-state index contributed by atoms with van der Waals surface area (Å²) in [5.74, 6) is 1.06. The highest BCUT2D eigenvalue weighted by atomic mass is 35.5. The maximum absolute atomic E-state index is 11.4. The van der Waals surface area contributed by atoms with Gasteiger partial charge in [0, 0.05) is 10.8 Å². The third kappa shape index (κ3) is 0.606. The number of fused-ring (bicyclic) bond motifs is 1. The molecule has 4 heteroatoms. The molecular weight excluding hydrogens is 203 g/mol. The molecule has 62 valence electrons. The van der Waals surface area contributed by atoms with Crippen molar-refractivity contribution in [2.45, 2.75) is 27.7 Å². The van der Waals surface area contributed by atoms with Crippen molar-refractivity contribution in [2.24, 2.45) is 11.8 Å². The Labute approximate surface area is 77.9 Å². The average Bonchev–Trinajstić information content (AvgIpc) is 2.35. The fraction of sp³-hybridized carbons (Fsp3) is 1.00. The lowest BCUT2D eigenvalue weighted by Crippen LogP contribution is -2.59. The van der Waals surface area contributed by atoms with Gasteiger partial charge in [0.15, 0.2) is 0 Å². The van der Waals surface area contributed by atoms with Crippen molar-refractivity contribution in [3.05, 3.63) is 0 Å². The summed E-state index contributed by atoms with van der Waals surface area (Å²) in [6, 6.07) is 0. The molecule has 0 N–H and O–H groups in total. The highest BCUT2D eigenvalue weighted by Gasteiger charge is 2.69. The van der Waals surface area contributed by atoms with Crippen molar-refractivity contribution >= 4 is 34.0 Å². The molecule has 7 atom stereocenters. The Morgan fingerprint density at radius 3 is 2.00 bits per heavy atom. The standard InChI is InChI=1S/C7H8Cl2OS/c8-4-2-1-3-6(4)11(10)7(3)5(2)9/h2-7H,1H2/t2?,3?,4-,5+,6-,7+,11?. The van der Waals surface area contributed by atoms with E-state index in [0.717, 1.165) is 6.42 Å². The molecule has 2 bridgehead atoms. The zero-order chi connectivity index (χ0) is 7.75.